The summed E-state index contributed by atoms with van der Waals surface area (Å²) < 4.78 is 0. The van der Waals surface area contributed by atoms with Gasteiger partial charge in [-0.1, -0.05) is 17.7 Å². The van der Waals surface area contributed by atoms with Crippen molar-refractivity contribution in [2.75, 3.05) is 16.0 Å². The molecular weight excluding hydrogens is 384 g/mol. The maximum absolute atomic E-state index is 12.4. The molecule has 1 aromatic heterocycles. The van der Waals surface area contributed by atoms with Crippen LogP contribution in [-0.2, 0) is 0 Å². The molecule has 0 saturated heterocycles. The van der Waals surface area contributed by atoms with Gasteiger partial charge in [0.05, 0.1) is 0 Å². The molecule has 3 aromatic rings. The second kappa shape index (κ2) is 8.20. The molecule has 3 amide bonds. The summed E-state index contributed by atoms with van der Waals surface area (Å²) in [6, 6.07) is 12.1. The highest BCUT2D eigenvalue weighted by atomic mass is 35.5. The lowest BCUT2D eigenvalue weighted by molar-refractivity contribution is 0.102. The van der Waals surface area contributed by atoms with Crippen molar-refractivity contribution in [2.45, 2.75) is 13.8 Å². The molecule has 0 saturated carbocycles. The van der Waals surface area contributed by atoms with E-state index in [2.05, 4.69) is 20.9 Å². The molecule has 3 N–H and O–H groups in total. The van der Waals surface area contributed by atoms with E-state index in [0.29, 0.717) is 21.5 Å². The first-order valence-electron chi connectivity index (χ1n) is 8.08. The van der Waals surface area contributed by atoms with Crippen molar-refractivity contribution in [3.05, 3.63) is 69.7 Å². The van der Waals surface area contributed by atoms with E-state index in [1.165, 1.54) is 11.3 Å². The van der Waals surface area contributed by atoms with Crippen molar-refractivity contribution >= 4 is 51.4 Å². The first-order valence-corrected chi connectivity index (χ1v) is 9.33. The number of aromatic nitrogens is 1. The van der Waals surface area contributed by atoms with E-state index >= 15 is 0 Å². The summed E-state index contributed by atoms with van der Waals surface area (Å²) in [7, 11) is 0. The summed E-state index contributed by atoms with van der Waals surface area (Å²) in [6.07, 6.45) is 0. The van der Waals surface area contributed by atoms with Crippen LogP contribution in [0.5, 0.6) is 0 Å². The third-order valence-corrected chi connectivity index (χ3v) is 4.55. The molecular formula is C19H17ClN4O2S. The predicted molar refractivity (Wildman–Crippen MR) is 110 cm³/mol. The Morgan fingerprint density at radius 2 is 1.59 bits per heavy atom. The van der Waals surface area contributed by atoms with Crippen LogP contribution in [0.1, 0.15) is 21.6 Å². The average molecular weight is 401 g/mol. The fourth-order valence-electron chi connectivity index (χ4n) is 2.47. The van der Waals surface area contributed by atoms with Crippen LogP contribution in [0.3, 0.4) is 0 Å². The Bertz CT molecular complexity index is 965. The van der Waals surface area contributed by atoms with Gasteiger partial charge in [-0.2, -0.15) is 0 Å². The van der Waals surface area contributed by atoms with Gasteiger partial charge in [0, 0.05) is 21.8 Å². The van der Waals surface area contributed by atoms with Gasteiger partial charge < -0.3 is 10.6 Å². The number of anilines is 3. The van der Waals surface area contributed by atoms with E-state index in [1.54, 1.807) is 29.6 Å². The number of aryl methyl sites for hydroxylation is 2. The molecule has 2 aromatic carbocycles. The summed E-state index contributed by atoms with van der Waals surface area (Å²) in [5, 5.41) is 10.6. The molecule has 8 heteroatoms. The van der Waals surface area contributed by atoms with Crippen molar-refractivity contribution in [2.24, 2.45) is 0 Å². The molecule has 6 nitrogen and oxygen atoms in total. The molecule has 0 radical (unpaired) electrons. The zero-order valence-corrected chi connectivity index (χ0v) is 16.2. The zero-order chi connectivity index (χ0) is 19.4. The second-order valence-electron chi connectivity index (χ2n) is 5.95. The number of nitrogens with one attached hydrogen (secondary N) is 3. The fourth-order valence-corrected chi connectivity index (χ4v) is 3.28. The fraction of sp³-hybridized carbons (Fsp3) is 0.105. The Balaban J connectivity index is 1.61. The highest BCUT2D eigenvalue weighted by Crippen LogP contribution is 2.19. The van der Waals surface area contributed by atoms with Gasteiger partial charge in [0.25, 0.3) is 5.91 Å². The largest absolute Gasteiger partial charge is 0.325 e. The number of urea groups is 1. The summed E-state index contributed by atoms with van der Waals surface area (Å²) in [5.41, 5.74) is 3.66. The normalized spacial score (nSPS) is 10.3. The van der Waals surface area contributed by atoms with Gasteiger partial charge in [0.2, 0.25) is 0 Å². The molecule has 0 bridgehead atoms. The third-order valence-electron chi connectivity index (χ3n) is 3.54. The van der Waals surface area contributed by atoms with Crippen LogP contribution < -0.4 is 16.0 Å². The molecule has 27 heavy (non-hydrogen) atoms. The van der Waals surface area contributed by atoms with E-state index in [-0.39, 0.29) is 11.6 Å². The van der Waals surface area contributed by atoms with Gasteiger partial charge in [0.15, 0.2) is 5.13 Å². The van der Waals surface area contributed by atoms with Gasteiger partial charge in [-0.3, -0.25) is 10.1 Å². The van der Waals surface area contributed by atoms with Gasteiger partial charge >= 0.3 is 6.03 Å². The number of carbonyl (C=O) groups excluding carboxylic acids is 2. The quantitative estimate of drug-likeness (QED) is 0.555. The maximum atomic E-state index is 12.4. The van der Waals surface area contributed by atoms with Crippen molar-refractivity contribution in [3.63, 3.8) is 0 Å². The van der Waals surface area contributed by atoms with Crippen LogP contribution in [0, 0.1) is 13.8 Å². The lowest BCUT2D eigenvalue weighted by atomic mass is 10.1. The van der Waals surface area contributed by atoms with E-state index in [0.717, 1.165) is 11.1 Å². The first-order chi connectivity index (χ1) is 12.9. The molecule has 0 aliphatic heterocycles. The molecule has 0 atom stereocenters. The molecule has 0 aliphatic carbocycles. The predicted octanol–water partition coefficient (Wildman–Crippen LogP) is 5.31. The number of thiazole rings is 1. The van der Waals surface area contributed by atoms with E-state index in [9.17, 15) is 9.59 Å². The third kappa shape index (κ3) is 5.29. The van der Waals surface area contributed by atoms with Gasteiger partial charge in [-0.15, -0.1) is 11.3 Å². The van der Waals surface area contributed by atoms with E-state index in [4.69, 9.17) is 11.6 Å². The van der Waals surface area contributed by atoms with Crippen molar-refractivity contribution in [1.29, 1.82) is 0 Å². The molecule has 0 unspecified atom stereocenters. The summed E-state index contributed by atoms with van der Waals surface area (Å²) in [5.74, 6) is -0.331. The highest BCUT2D eigenvalue weighted by molar-refractivity contribution is 7.14. The van der Waals surface area contributed by atoms with Crippen molar-refractivity contribution in [1.82, 2.24) is 4.98 Å². The van der Waals surface area contributed by atoms with Crippen LogP contribution in [0.15, 0.2) is 47.8 Å². The van der Waals surface area contributed by atoms with E-state index in [1.807, 2.05) is 32.0 Å². The smallest absolute Gasteiger partial charge is 0.321 e. The molecule has 138 valence electrons. The van der Waals surface area contributed by atoms with Crippen LogP contribution in [0.25, 0.3) is 0 Å². The summed E-state index contributed by atoms with van der Waals surface area (Å²) in [4.78, 5) is 28.5. The number of rotatable bonds is 4. The standard InChI is InChI=1S/C19H17ClN4O2S/c1-11-7-12(2)9-15(8-11)21-17(25)16-10-27-19(23-16)24-18(26)22-14-5-3-13(20)4-6-14/h3-10H,1-2H3,(H,21,25)(H2,22,23,24,26). The van der Waals surface area contributed by atoms with Gasteiger partial charge in [-0.05, 0) is 61.4 Å². The summed E-state index contributed by atoms with van der Waals surface area (Å²) >= 11 is 6.98. The number of amides is 3. The lowest BCUT2D eigenvalue weighted by Crippen LogP contribution is -2.19. The number of nitrogens with zero attached hydrogens (tertiary/aromatic N) is 1. The average Bonchev–Trinajstić information content (AvgIpc) is 3.04. The Hall–Kier alpha value is -2.90. The van der Waals surface area contributed by atoms with E-state index < -0.39 is 6.03 Å². The zero-order valence-electron chi connectivity index (χ0n) is 14.7. The summed E-state index contributed by atoms with van der Waals surface area (Å²) in [6.45, 7) is 3.93. The number of halogens is 1. The van der Waals surface area contributed by atoms with Crippen LogP contribution in [0.4, 0.5) is 21.3 Å². The monoisotopic (exact) mass is 400 g/mol. The molecule has 1 heterocycles. The van der Waals surface area contributed by atoms with Crippen LogP contribution in [-0.4, -0.2) is 16.9 Å². The minimum absolute atomic E-state index is 0.237. The Labute approximate surface area is 165 Å². The Kier molecular flexibility index (Phi) is 5.73. The topological polar surface area (TPSA) is 83.1 Å². The minimum atomic E-state index is -0.451. The highest BCUT2D eigenvalue weighted by Gasteiger charge is 2.13. The lowest BCUT2D eigenvalue weighted by Gasteiger charge is -2.06. The number of hydrogen-bond donors (Lipinski definition) is 3. The second-order valence-corrected chi connectivity index (χ2v) is 7.25. The van der Waals surface area contributed by atoms with Crippen molar-refractivity contribution < 1.29 is 9.59 Å². The SMILES string of the molecule is Cc1cc(C)cc(NC(=O)c2csc(NC(=O)Nc3ccc(Cl)cc3)n2)c1. The Morgan fingerprint density at radius 1 is 0.926 bits per heavy atom. The number of benzene rings is 2. The van der Waals surface area contributed by atoms with Gasteiger partial charge in [-0.25, -0.2) is 9.78 Å². The number of carbonyl (C=O) groups is 2. The van der Waals surface area contributed by atoms with Crippen LogP contribution in [0.2, 0.25) is 5.02 Å². The maximum Gasteiger partial charge on any atom is 0.325 e. The van der Waals surface area contributed by atoms with Crippen LogP contribution >= 0.6 is 22.9 Å². The number of hydrogen-bond acceptors (Lipinski definition) is 4. The van der Waals surface area contributed by atoms with Gasteiger partial charge in [0.1, 0.15) is 5.69 Å². The molecule has 0 spiro atoms. The molecule has 3 rings (SSSR count). The first kappa shape index (κ1) is 18.9. The Morgan fingerprint density at radius 3 is 2.26 bits per heavy atom. The van der Waals surface area contributed by atoms with Crippen molar-refractivity contribution in [3.8, 4) is 0 Å². The molecule has 0 aliphatic rings. The minimum Gasteiger partial charge on any atom is -0.321 e. The molecule has 0 fully saturated rings.